The fraction of sp³-hybridized carbons (Fsp3) is 0.750. The Morgan fingerprint density at radius 2 is 2.30 bits per heavy atom. The number of hydrogen-bond donors (Lipinski definition) is 1. The lowest BCUT2D eigenvalue weighted by Crippen LogP contribution is -2.44. The molecule has 10 heavy (non-hydrogen) atoms. The van der Waals surface area contributed by atoms with Crippen LogP contribution in [0, 0.1) is 0 Å². The van der Waals surface area contributed by atoms with Crippen LogP contribution in [0.5, 0.6) is 0 Å². The van der Waals surface area contributed by atoms with Gasteiger partial charge in [-0.15, -0.1) is 0 Å². The molecule has 0 aromatic rings. The molecule has 1 saturated carbocycles. The Hall–Kier alpha value is -0.500. The Balaban J connectivity index is 2.06. The van der Waals surface area contributed by atoms with E-state index in [4.69, 9.17) is 0 Å². The predicted octanol–water partition coefficient (Wildman–Crippen LogP) is 1.26. The van der Waals surface area contributed by atoms with Gasteiger partial charge in [0.2, 0.25) is 0 Å². The topological polar surface area (TPSA) is 15.3 Å². The van der Waals surface area contributed by atoms with Crippen LogP contribution in [0.1, 0.15) is 26.7 Å². The second-order valence-electron chi connectivity index (χ2n) is 3.60. The van der Waals surface area contributed by atoms with Crippen molar-refractivity contribution < 1.29 is 0 Å². The van der Waals surface area contributed by atoms with Gasteiger partial charge >= 0.3 is 0 Å². The van der Waals surface area contributed by atoms with Crippen LogP contribution in [0.4, 0.5) is 0 Å². The first-order valence-corrected chi connectivity index (χ1v) is 3.95. The molecule has 0 amide bonds. The summed E-state index contributed by atoms with van der Waals surface area (Å²) < 4.78 is 0. The monoisotopic (exact) mass is 138 g/mol. The summed E-state index contributed by atoms with van der Waals surface area (Å²) in [6.07, 6.45) is 6.91. The number of hydrazine groups is 1. The summed E-state index contributed by atoms with van der Waals surface area (Å²) in [6.45, 7) is 4.53. The summed E-state index contributed by atoms with van der Waals surface area (Å²) in [5, 5.41) is 2.34. The number of nitrogens with one attached hydrogen (secondary N) is 1. The van der Waals surface area contributed by atoms with E-state index < -0.39 is 0 Å². The second-order valence-corrected chi connectivity index (χ2v) is 3.60. The van der Waals surface area contributed by atoms with Crippen molar-refractivity contribution in [3.8, 4) is 0 Å². The van der Waals surface area contributed by atoms with Crippen molar-refractivity contribution in [3.63, 3.8) is 0 Å². The first-order chi connectivity index (χ1) is 4.72. The zero-order valence-electron chi connectivity index (χ0n) is 6.59. The van der Waals surface area contributed by atoms with Crippen LogP contribution in [0.15, 0.2) is 12.3 Å². The third-order valence-corrected chi connectivity index (χ3v) is 2.55. The van der Waals surface area contributed by atoms with Crippen LogP contribution in [-0.2, 0) is 0 Å². The molecule has 1 aliphatic heterocycles. The fourth-order valence-corrected chi connectivity index (χ4v) is 1.54. The first kappa shape index (κ1) is 6.23. The van der Waals surface area contributed by atoms with Crippen LogP contribution < -0.4 is 5.43 Å². The van der Waals surface area contributed by atoms with E-state index in [0.717, 1.165) is 0 Å². The van der Waals surface area contributed by atoms with Gasteiger partial charge in [0.1, 0.15) is 0 Å². The maximum Gasteiger partial charge on any atom is 0.0466 e. The molecule has 0 aromatic carbocycles. The quantitative estimate of drug-likeness (QED) is 0.587. The molecule has 2 heteroatoms. The van der Waals surface area contributed by atoms with Crippen molar-refractivity contribution in [1.82, 2.24) is 10.4 Å². The lowest BCUT2D eigenvalue weighted by molar-refractivity contribution is 0.134. The van der Waals surface area contributed by atoms with Crippen molar-refractivity contribution in [2.75, 3.05) is 0 Å². The van der Waals surface area contributed by atoms with E-state index in [-0.39, 0.29) is 0 Å². The molecular formula is C8H14N2. The van der Waals surface area contributed by atoms with Crippen LogP contribution in [0.2, 0.25) is 0 Å². The number of rotatable bonds is 1. The van der Waals surface area contributed by atoms with Crippen LogP contribution >= 0.6 is 0 Å². The molecule has 56 valence electrons. The molecular weight excluding hydrogens is 124 g/mol. The summed E-state index contributed by atoms with van der Waals surface area (Å²) in [5.41, 5.74) is 3.72. The minimum absolute atomic E-state index is 0.461. The standard InChI is InChI=1S/C8H14N2/c1-7-3-6-9-10(7)8(2)4-5-8/h3,6-7,9H,4-5H2,1-2H3. The van der Waals surface area contributed by atoms with Crippen molar-refractivity contribution in [3.05, 3.63) is 12.3 Å². The Labute approximate surface area is 61.9 Å². The number of hydrogen-bond acceptors (Lipinski definition) is 2. The second kappa shape index (κ2) is 1.76. The summed E-state index contributed by atoms with van der Waals surface area (Å²) in [5.74, 6) is 0. The van der Waals surface area contributed by atoms with Gasteiger partial charge in [-0.3, -0.25) is 0 Å². The van der Waals surface area contributed by atoms with Crippen molar-refractivity contribution in [2.45, 2.75) is 38.3 Å². The molecule has 0 aromatic heterocycles. The van der Waals surface area contributed by atoms with Gasteiger partial charge in [0.05, 0.1) is 0 Å². The molecule has 1 fully saturated rings. The molecule has 2 aliphatic rings. The van der Waals surface area contributed by atoms with Crippen LogP contribution in [0.25, 0.3) is 0 Å². The molecule has 1 heterocycles. The minimum atomic E-state index is 0.461. The molecule has 1 atom stereocenters. The third kappa shape index (κ3) is 0.754. The Bertz CT molecular complexity index is 170. The predicted molar refractivity (Wildman–Crippen MR) is 41.2 cm³/mol. The van der Waals surface area contributed by atoms with Gasteiger partial charge in [-0.25, -0.2) is 5.01 Å². The Kier molecular flexibility index (Phi) is 1.09. The zero-order valence-corrected chi connectivity index (χ0v) is 6.59. The highest BCUT2D eigenvalue weighted by Gasteiger charge is 2.45. The van der Waals surface area contributed by atoms with Gasteiger partial charge in [0.25, 0.3) is 0 Å². The average molecular weight is 138 g/mol. The zero-order chi connectivity index (χ0) is 7.19. The van der Waals surface area contributed by atoms with Gasteiger partial charge in [0.15, 0.2) is 0 Å². The largest absolute Gasteiger partial charge is 0.325 e. The van der Waals surface area contributed by atoms with Crippen LogP contribution in [-0.4, -0.2) is 16.6 Å². The van der Waals surface area contributed by atoms with E-state index in [1.807, 2.05) is 6.20 Å². The summed E-state index contributed by atoms with van der Waals surface area (Å²) in [6, 6.07) is 0.576. The van der Waals surface area contributed by atoms with Gasteiger partial charge in [-0.2, -0.15) is 0 Å². The molecule has 2 rings (SSSR count). The molecule has 1 unspecified atom stereocenters. The maximum absolute atomic E-state index is 3.26. The molecule has 0 radical (unpaired) electrons. The minimum Gasteiger partial charge on any atom is -0.325 e. The highest BCUT2D eigenvalue weighted by Crippen LogP contribution is 2.41. The third-order valence-electron chi connectivity index (χ3n) is 2.55. The highest BCUT2D eigenvalue weighted by molar-refractivity contribution is 5.08. The van der Waals surface area contributed by atoms with Gasteiger partial charge in [0, 0.05) is 17.8 Å². The summed E-state index contributed by atoms with van der Waals surface area (Å²) in [4.78, 5) is 0. The van der Waals surface area contributed by atoms with Gasteiger partial charge in [-0.05, 0) is 32.8 Å². The van der Waals surface area contributed by atoms with E-state index in [1.54, 1.807) is 0 Å². The molecule has 1 aliphatic carbocycles. The Morgan fingerprint density at radius 1 is 1.60 bits per heavy atom. The van der Waals surface area contributed by atoms with Crippen molar-refractivity contribution in [2.24, 2.45) is 0 Å². The lowest BCUT2D eigenvalue weighted by atomic mass is 10.2. The van der Waals surface area contributed by atoms with Crippen LogP contribution in [0.3, 0.4) is 0 Å². The smallest absolute Gasteiger partial charge is 0.0466 e. The van der Waals surface area contributed by atoms with Crippen molar-refractivity contribution >= 4 is 0 Å². The fourth-order valence-electron chi connectivity index (χ4n) is 1.54. The highest BCUT2D eigenvalue weighted by atomic mass is 15.6. The lowest BCUT2D eigenvalue weighted by Gasteiger charge is -2.28. The number of nitrogens with zero attached hydrogens (tertiary/aromatic N) is 1. The van der Waals surface area contributed by atoms with Gasteiger partial charge in [-0.1, -0.05) is 0 Å². The molecule has 0 bridgehead atoms. The summed E-state index contributed by atoms with van der Waals surface area (Å²) in [7, 11) is 0. The molecule has 2 nitrogen and oxygen atoms in total. The molecule has 0 saturated heterocycles. The summed E-state index contributed by atoms with van der Waals surface area (Å²) >= 11 is 0. The van der Waals surface area contributed by atoms with E-state index >= 15 is 0 Å². The Morgan fingerprint density at radius 3 is 2.70 bits per heavy atom. The van der Waals surface area contributed by atoms with E-state index in [0.29, 0.717) is 11.6 Å². The normalized spacial score (nSPS) is 36.0. The molecule has 0 spiro atoms. The SMILES string of the molecule is CC1C=CNN1C1(C)CC1. The average Bonchev–Trinajstić information content (AvgIpc) is 2.44. The van der Waals surface area contributed by atoms with E-state index in [9.17, 15) is 0 Å². The first-order valence-electron chi connectivity index (χ1n) is 3.95. The van der Waals surface area contributed by atoms with Crippen molar-refractivity contribution in [1.29, 1.82) is 0 Å². The molecule has 1 N–H and O–H groups in total. The van der Waals surface area contributed by atoms with E-state index in [2.05, 4.69) is 30.4 Å². The maximum atomic E-state index is 3.26. The van der Waals surface area contributed by atoms with E-state index in [1.165, 1.54) is 12.8 Å². The van der Waals surface area contributed by atoms with Gasteiger partial charge < -0.3 is 5.43 Å².